The van der Waals surface area contributed by atoms with Crippen LogP contribution in [-0.4, -0.2) is 35.4 Å². The van der Waals surface area contributed by atoms with E-state index in [0.29, 0.717) is 6.42 Å². The molecule has 3 N–H and O–H groups in total. The molecule has 0 saturated heterocycles. The summed E-state index contributed by atoms with van der Waals surface area (Å²) in [7, 11) is 1.54. The Morgan fingerprint density at radius 3 is 2.50 bits per heavy atom. The van der Waals surface area contributed by atoms with Gasteiger partial charge in [-0.05, 0) is 13.5 Å². The molecule has 4 nitrogen and oxygen atoms in total. The number of carbonyl (C=O) groups is 1. The fraction of sp³-hybridized carbons (Fsp3) is 0.875. The van der Waals surface area contributed by atoms with Gasteiger partial charge in [-0.1, -0.05) is 19.8 Å². The number of carboxylic acid groups (broad SMARTS) is 1. The zero-order chi connectivity index (χ0) is 9.56. The van der Waals surface area contributed by atoms with Crippen molar-refractivity contribution in [1.82, 2.24) is 5.32 Å². The molecule has 4 heteroatoms. The maximum atomic E-state index is 10.5. The third kappa shape index (κ3) is 3.69. The van der Waals surface area contributed by atoms with Crippen LogP contribution in [0.1, 0.15) is 26.2 Å². The molecular formula is C8H17NO3. The molecule has 72 valence electrons. The van der Waals surface area contributed by atoms with E-state index in [4.69, 9.17) is 5.11 Å². The Morgan fingerprint density at radius 2 is 2.17 bits per heavy atom. The van der Waals surface area contributed by atoms with Gasteiger partial charge in [0.1, 0.15) is 6.04 Å². The first-order chi connectivity index (χ1) is 5.63. The van der Waals surface area contributed by atoms with Crippen molar-refractivity contribution in [1.29, 1.82) is 0 Å². The maximum Gasteiger partial charge on any atom is 0.323 e. The van der Waals surface area contributed by atoms with Crippen LogP contribution >= 0.6 is 0 Å². The van der Waals surface area contributed by atoms with Crippen molar-refractivity contribution in [2.45, 2.75) is 38.3 Å². The molecule has 0 heterocycles. The summed E-state index contributed by atoms with van der Waals surface area (Å²) in [5.74, 6) is -0.999. The number of hydrogen-bond donors (Lipinski definition) is 3. The Hall–Kier alpha value is -0.610. The highest BCUT2D eigenvalue weighted by atomic mass is 16.4. The van der Waals surface area contributed by atoms with Gasteiger partial charge in [-0.25, -0.2) is 0 Å². The molecule has 0 amide bonds. The standard InChI is InChI=1S/C8H17NO3/c1-3-4-5-6(10)7(9-2)8(11)12/h6-7,9-10H,3-5H2,1-2H3,(H,11,12)/t6-,7+/m1/s1. The molecule has 2 atom stereocenters. The van der Waals surface area contributed by atoms with E-state index in [0.717, 1.165) is 12.8 Å². The van der Waals surface area contributed by atoms with Crippen molar-refractivity contribution >= 4 is 5.97 Å². The number of aliphatic carboxylic acids is 1. The minimum atomic E-state index is -0.999. The van der Waals surface area contributed by atoms with Gasteiger partial charge in [0.2, 0.25) is 0 Å². The van der Waals surface area contributed by atoms with E-state index in [1.165, 1.54) is 7.05 Å². The Labute approximate surface area is 72.6 Å². The second-order valence-corrected chi connectivity index (χ2v) is 2.81. The van der Waals surface area contributed by atoms with Crippen molar-refractivity contribution in [3.05, 3.63) is 0 Å². The van der Waals surface area contributed by atoms with E-state index in [-0.39, 0.29) is 0 Å². The molecule has 0 bridgehead atoms. The molecule has 0 aromatic carbocycles. The molecule has 0 unspecified atom stereocenters. The minimum Gasteiger partial charge on any atom is -0.480 e. The number of likely N-dealkylation sites (N-methyl/N-ethyl adjacent to an activating group) is 1. The number of aliphatic hydroxyl groups excluding tert-OH is 1. The zero-order valence-electron chi connectivity index (χ0n) is 7.58. The van der Waals surface area contributed by atoms with Gasteiger partial charge in [0.25, 0.3) is 0 Å². The lowest BCUT2D eigenvalue weighted by atomic mass is 10.1. The normalized spacial score (nSPS) is 15.6. The van der Waals surface area contributed by atoms with E-state index >= 15 is 0 Å². The predicted molar refractivity (Wildman–Crippen MR) is 46.0 cm³/mol. The van der Waals surface area contributed by atoms with Crippen molar-refractivity contribution in [3.8, 4) is 0 Å². The average molecular weight is 175 g/mol. The highest BCUT2D eigenvalue weighted by Gasteiger charge is 2.23. The van der Waals surface area contributed by atoms with Crippen LogP contribution < -0.4 is 5.32 Å². The summed E-state index contributed by atoms with van der Waals surface area (Å²) in [6.45, 7) is 2.00. The van der Waals surface area contributed by atoms with Crippen LogP contribution in [-0.2, 0) is 4.79 Å². The molecule has 0 radical (unpaired) electrons. The molecule has 0 aliphatic rings. The molecule has 12 heavy (non-hydrogen) atoms. The topological polar surface area (TPSA) is 69.6 Å². The lowest BCUT2D eigenvalue weighted by Crippen LogP contribution is -2.44. The van der Waals surface area contributed by atoms with Crippen molar-refractivity contribution in [2.75, 3.05) is 7.05 Å². The van der Waals surface area contributed by atoms with E-state index < -0.39 is 18.1 Å². The molecule has 0 aliphatic carbocycles. The molecular weight excluding hydrogens is 158 g/mol. The largest absolute Gasteiger partial charge is 0.480 e. The number of carboxylic acids is 1. The van der Waals surface area contributed by atoms with Crippen LogP contribution in [0.2, 0.25) is 0 Å². The van der Waals surface area contributed by atoms with Gasteiger partial charge in [0.15, 0.2) is 0 Å². The Bertz CT molecular complexity index is 138. The maximum absolute atomic E-state index is 10.5. The summed E-state index contributed by atoms with van der Waals surface area (Å²) >= 11 is 0. The second kappa shape index (κ2) is 5.97. The second-order valence-electron chi connectivity index (χ2n) is 2.81. The van der Waals surface area contributed by atoms with Gasteiger partial charge in [-0.15, -0.1) is 0 Å². The smallest absolute Gasteiger partial charge is 0.323 e. The van der Waals surface area contributed by atoms with Gasteiger partial charge >= 0.3 is 5.97 Å². The first kappa shape index (κ1) is 11.4. The first-order valence-corrected chi connectivity index (χ1v) is 4.21. The fourth-order valence-corrected chi connectivity index (χ4v) is 1.06. The van der Waals surface area contributed by atoms with Crippen molar-refractivity contribution in [2.24, 2.45) is 0 Å². The summed E-state index contributed by atoms with van der Waals surface area (Å²) in [4.78, 5) is 10.5. The van der Waals surface area contributed by atoms with E-state index in [1.807, 2.05) is 6.92 Å². The van der Waals surface area contributed by atoms with Crippen LogP contribution in [0.15, 0.2) is 0 Å². The van der Waals surface area contributed by atoms with Crippen LogP contribution in [0.4, 0.5) is 0 Å². The highest BCUT2D eigenvalue weighted by molar-refractivity contribution is 5.74. The summed E-state index contributed by atoms with van der Waals surface area (Å²) in [5.41, 5.74) is 0. The van der Waals surface area contributed by atoms with Crippen molar-refractivity contribution in [3.63, 3.8) is 0 Å². The summed E-state index contributed by atoms with van der Waals surface area (Å²) < 4.78 is 0. The minimum absolute atomic E-state index is 0.536. The number of aliphatic hydroxyl groups is 1. The quantitative estimate of drug-likeness (QED) is 0.539. The lowest BCUT2D eigenvalue weighted by Gasteiger charge is -2.17. The molecule has 0 spiro atoms. The van der Waals surface area contributed by atoms with Crippen LogP contribution in [0.5, 0.6) is 0 Å². The summed E-state index contributed by atoms with van der Waals surface area (Å²) in [6.07, 6.45) is 1.57. The third-order valence-corrected chi connectivity index (χ3v) is 1.82. The van der Waals surface area contributed by atoms with Gasteiger partial charge in [-0.2, -0.15) is 0 Å². The summed E-state index contributed by atoms with van der Waals surface area (Å²) in [6, 6.07) is -0.837. The van der Waals surface area contributed by atoms with E-state index in [2.05, 4.69) is 5.32 Å². The molecule has 0 rings (SSSR count). The average Bonchev–Trinajstić information content (AvgIpc) is 2.01. The monoisotopic (exact) mass is 175 g/mol. The molecule has 0 aromatic rings. The lowest BCUT2D eigenvalue weighted by molar-refractivity contribution is -0.142. The van der Waals surface area contributed by atoms with Gasteiger partial charge < -0.3 is 15.5 Å². The molecule has 0 saturated carbocycles. The molecule has 0 aliphatic heterocycles. The van der Waals surface area contributed by atoms with E-state index in [1.54, 1.807) is 0 Å². The molecule has 0 aromatic heterocycles. The van der Waals surface area contributed by atoms with Crippen LogP contribution in [0.25, 0.3) is 0 Å². The van der Waals surface area contributed by atoms with Gasteiger partial charge in [-0.3, -0.25) is 4.79 Å². The van der Waals surface area contributed by atoms with E-state index in [9.17, 15) is 9.90 Å². The SMILES string of the molecule is CCCC[C@@H](O)[C@H](NC)C(=O)O. The number of rotatable bonds is 6. The summed E-state index contributed by atoms with van der Waals surface area (Å²) in [5, 5.41) is 20.5. The highest BCUT2D eigenvalue weighted by Crippen LogP contribution is 2.04. The first-order valence-electron chi connectivity index (χ1n) is 4.21. The van der Waals surface area contributed by atoms with Crippen LogP contribution in [0, 0.1) is 0 Å². The van der Waals surface area contributed by atoms with Crippen molar-refractivity contribution < 1.29 is 15.0 Å². The van der Waals surface area contributed by atoms with Gasteiger partial charge in [0.05, 0.1) is 6.10 Å². The zero-order valence-corrected chi connectivity index (χ0v) is 7.58. The third-order valence-electron chi connectivity index (χ3n) is 1.82. The predicted octanol–water partition coefficient (Wildman–Crippen LogP) is 0.210. The van der Waals surface area contributed by atoms with Gasteiger partial charge in [0, 0.05) is 0 Å². The number of unbranched alkanes of at least 4 members (excludes halogenated alkanes) is 1. The van der Waals surface area contributed by atoms with Crippen LogP contribution in [0.3, 0.4) is 0 Å². The fourth-order valence-electron chi connectivity index (χ4n) is 1.06. The molecule has 0 fully saturated rings. The number of hydrogen-bond acceptors (Lipinski definition) is 3. The number of nitrogens with one attached hydrogen (secondary N) is 1. The Kier molecular flexibility index (Phi) is 5.66. The Morgan fingerprint density at radius 1 is 1.58 bits per heavy atom. The Balaban J connectivity index is 3.85.